The van der Waals surface area contributed by atoms with Crippen LogP contribution in [0, 0.1) is 0 Å². The Balaban J connectivity index is 0.973. The van der Waals surface area contributed by atoms with Gasteiger partial charge in [0, 0.05) is 30.9 Å². The van der Waals surface area contributed by atoms with Crippen molar-refractivity contribution in [2.75, 3.05) is 0 Å². The Morgan fingerprint density at radius 3 is 1.59 bits per heavy atom. The number of furan rings is 1. The maximum absolute atomic E-state index is 6.43. The number of rotatable bonds is 3. The minimum absolute atomic E-state index is 0.943. The third-order valence-corrected chi connectivity index (χ3v) is 12.5. The summed E-state index contributed by atoms with van der Waals surface area (Å²) >= 11 is 1.86. The molecule has 0 aliphatic rings. The smallest absolute Gasteiger partial charge is 0.136 e. The average molecular weight is 703 g/mol. The van der Waals surface area contributed by atoms with Crippen LogP contribution in [0.1, 0.15) is 0 Å². The van der Waals surface area contributed by atoms with Crippen molar-refractivity contribution < 1.29 is 4.42 Å². The van der Waals surface area contributed by atoms with Gasteiger partial charge in [-0.2, -0.15) is 0 Å². The van der Waals surface area contributed by atoms with Crippen LogP contribution in [0.5, 0.6) is 0 Å². The lowest BCUT2D eigenvalue weighted by atomic mass is 9.85. The van der Waals surface area contributed by atoms with Gasteiger partial charge in [0.05, 0.1) is 0 Å². The molecule has 0 fully saturated rings. The lowest BCUT2D eigenvalue weighted by molar-refractivity contribution is 0.670. The largest absolute Gasteiger partial charge is 0.456 e. The van der Waals surface area contributed by atoms with E-state index in [2.05, 4.69) is 182 Å². The molecule has 2 heterocycles. The molecular weight excluding hydrogens is 673 g/mol. The van der Waals surface area contributed by atoms with Gasteiger partial charge in [0.1, 0.15) is 11.2 Å². The highest BCUT2D eigenvalue weighted by Gasteiger charge is 2.18. The molecule has 0 radical (unpaired) electrons. The van der Waals surface area contributed by atoms with Crippen molar-refractivity contribution >= 4 is 96.5 Å². The number of fused-ring (bicyclic) bond motifs is 11. The highest BCUT2D eigenvalue weighted by atomic mass is 32.1. The quantitative estimate of drug-likeness (QED) is 0.167. The minimum atomic E-state index is 0.943. The zero-order chi connectivity index (χ0) is 35.3. The Morgan fingerprint density at radius 2 is 0.852 bits per heavy atom. The molecule has 0 saturated carbocycles. The molecule has 0 bridgehead atoms. The number of thiophene rings is 1. The molecule has 250 valence electrons. The molecule has 0 atom stereocenters. The zero-order valence-corrected chi connectivity index (χ0v) is 30.0. The highest BCUT2D eigenvalue weighted by molar-refractivity contribution is 7.26. The van der Waals surface area contributed by atoms with E-state index in [9.17, 15) is 0 Å². The van der Waals surface area contributed by atoms with Crippen molar-refractivity contribution in [2.45, 2.75) is 0 Å². The van der Waals surface area contributed by atoms with E-state index in [1.54, 1.807) is 0 Å². The van der Waals surface area contributed by atoms with Crippen molar-refractivity contribution in [3.63, 3.8) is 0 Å². The maximum atomic E-state index is 6.43. The van der Waals surface area contributed by atoms with Gasteiger partial charge in [-0.1, -0.05) is 152 Å². The monoisotopic (exact) mass is 702 g/mol. The summed E-state index contributed by atoms with van der Waals surface area (Å²) in [5, 5.41) is 15.0. The first kappa shape index (κ1) is 29.8. The summed E-state index contributed by atoms with van der Waals surface area (Å²) in [6, 6.07) is 66.8. The van der Waals surface area contributed by atoms with Crippen molar-refractivity contribution in [2.24, 2.45) is 0 Å². The van der Waals surface area contributed by atoms with Crippen LogP contribution in [0.25, 0.3) is 119 Å². The fourth-order valence-electron chi connectivity index (χ4n) is 8.92. The standard InChI is InChI=1S/C52H30OS/c1-2-11-35-27-37(22-19-31(35)9-1)51-42-15-7-5-13-40(42)50(41-14-6-8-16-43(41)51)34-20-17-32(18-21-34)36-23-25-39-44-29-47-45(30-49(44)54-48(39)28-36)52-38-12-4-3-10-33(38)24-26-46(52)53-47/h1-30H. The van der Waals surface area contributed by atoms with Gasteiger partial charge in [0.25, 0.3) is 0 Å². The van der Waals surface area contributed by atoms with E-state index in [0.717, 1.165) is 11.2 Å². The molecule has 0 aliphatic carbocycles. The first-order valence-electron chi connectivity index (χ1n) is 18.5. The van der Waals surface area contributed by atoms with Crippen LogP contribution in [-0.2, 0) is 0 Å². The molecule has 0 unspecified atom stereocenters. The van der Waals surface area contributed by atoms with Crippen LogP contribution >= 0.6 is 11.3 Å². The summed E-state index contributed by atoms with van der Waals surface area (Å²) in [5.41, 5.74) is 9.36. The van der Waals surface area contributed by atoms with Crippen LogP contribution in [0.15, 0.2) is 186 Å². The molecule has 0 amide bonds. The summed E-state index contributed by atoms with van der Waals surface area (Å²) < 4.78 is 9.00. The predicted octanol–water partition coefficient (Wildman–Crippen LogP) is 15.6. The van der Waals surface area contributed by atoms with Crippen LogP contribution in [-0.4, -0.2) is 0 Å². The van der Waals surface area contributed by atoms with E-state index in [1.165, 1.54) is 107 Å². The van der Waals surface area contributed by atoms with Crippen molar-refractivity contribution in [1.82, 2.24) is 0 Å². The molecule has 2 heteroatoms. The fourth-order valence-corrected chi connectivity index (χ4v) is 10.1. The topological polar surface area (TPSA) is 13.1 Å². The SMILES string of the molecule is c1ccc2cc(-c3c4ccccc4c(-c4ccc(-c5ccc6c(c5)sc5cc7c(cc56)oc5ccc6ccccc6c57)cc4)c4ccccc34)ccc2c1. The first-order chi connectivity index (χ1) is 26.7. The summed E-state index contributed by atoms with van der Waals surface area (Å²) in [6.45, 7) is 0. The molecule has 12 aromatic rings. The third-order valence-electron chi connectivity index (χ3n) is 11.4. The Labute approximate surface area is 314 Å². The normalized spacial score (nSPS) is 12.1. The minimum Gasteiger partial charge on any atom is -0.456 e. The van der Waals surface area contributed by atoms with Gasteiger partial charge in [-0.05, 0) is 107 Å². The highest BCUT2D eigenvalue weighted by Crippen LogP contribution is 2.45. The summed E-state index contributed by atoms with van der Waals surface area (Å²) in [4.78, 5) is 0. The molecule has 10 aromatic carbocycles. The average Bonchev–Trinajstić information content (AvgIpc) is 3.78. The summed E-state index contributed by atoms with van der Waals surface area (Å²) in [5.74, 6) is 0. The zero-order valence-electron chi connectivity index (χ0n) is 29.1. The predicted molar refractivity (Wildman–Crippen MR) is 233 cm³/mol. The molecular formula is C52H30OS. The first-order valence-corrected chi connectivity index (χ1v) is 19.3. The Hall–Kier alpha value is -6.74. The van der Waals surface area contributed by atoms with Crippen LogP contribution in [0.3, 0.4) is 0 Å². The molecule has 2 aromatic heterocycles. The number of hydrogen-bond donors (Lipinski definition) is 0. The number of hydrogen-bond acceptors (Lipinski definition) is 2. The summed E-state index contributed by atoms with van der Waals surface area (Å²) in [7, 11) is 0. The molecule has 1 nitrogen and oxygen atoms in total. The molecule has 0 spiro atoms. The maximum Gasteiger partial charge on any atom is 0.136 e. The van der Waals surface area contributed by atoms with Gasteiger partial charge >= 0.3 is 0 Å². The lowest BCUT2D eigenvalue weighted by Gasteiger charge is -2.18. The molecule has 0 N–H and O–H groups in total. The van der Waals surface area contributed by atoms with Crippen LogP contribution in [0.2, 0.25) is 0 Å². The third kappa shape index (κ3) is 4.38. The lowest BCUT2D eigenvalue weighted by Crippen LogP contribution is -1.91. The van der Waals surface area contributed by atoms with Gasteiger partial charge in [0.15, 0.2) is 0 Å². The Morgan fingerprint density at radius 1 is 0.296 bits per heavy atom. The van der Waals surface area contributed by atoms with Crippen molar-refractivity contribution in [3.8, 4) is 33.4 Å². The van der Waals surface area contributed by atoms with Gasteiger partial charge in [-0.3, -0.25) is 0 Å². The molecule has 0 saturated heterocycles. The summed E-state index contributed by atoms with van der Waals surface area (Å²) in [6.07, 6.45) is 0. The van der Waals surface area contributed by atoms with Gasteiger partial charge in [-0.15, -0.1) is 11.3 Å². The van der Waals surface area contributed by atoms with E-state index in [4.69, 9.17) is 4.42 Å². The Kier molecular flexibility index (Phi) is 6.28. The second-order valence-electron chi connectivity index (χ2n) is 14.4. The Bertz CT molecular complexity index is 3430. The molecule has 12 rings (SSSR count). The van der Waals surface area contributed by atoms with E-state index in [0.29, 0.717) is 0 Å². The van der Waals surface area contributed by atoms with Crippen LogP contribution in [0.4, 0.5) is 0 Å². The fraction of sp³-hybridized carbons (Fsp3) is 0. The van der Waals surface area contributed by atoms with Crippen molar-refractivity contribution in [3.05, 3.63) is 182 Å². The molecule has 54 heavy (non-hydrogen) atoms. The number of benzene rings is 10. The van der Waals surface area contributed by atoms with E-state index in [1.807, 2.05) is 11.3 Å². The van der Waals surface area contributed by atoms with Crippen LogP contribution < -0.4 is 0 Å². The van der Waals surface area contributed by atoms with Crippen molar-refractivity contribution in [1.29, 1.82) is 0 Å². The van der Waals surface area contributed by atoms with E-state index in [-0.39, 0.29) is 0 Å². The van der Waals surface area contributed by atoms with Gasteiger partial charge < -0.3 is 4.42 Å². The second-order valence-corrected chi connectivity index (χ2v) is 15.5. The van der Waals surface area contributed by atoms with Gasteiger partial charge in [0.2, 0.25) is 0 Å². The van der Waals surface area contributed by atoms with E-state index >= 15 is 0 Å². The van der Waals surface area contributed by atoms with Gasteiger partial charge in [-0.25, -0.2) is 0 Å². The second kappa shape index (κ2) is 11.4. The molecule has 0 aliphatic heterocycles. The van der Waals surface area contributed by atoms with E-state index < -0.39 is 0 Å².